The van der Waals surface area contributed by atoms with Gasteiger partial charge in [0, 0.05) is 17.2 Å². The lowest BCUT2D eigenvalue weighted by Crippen LogP contribution is -2.29. The van der Waals surface area contributed by atoms with Crippen LogP contribution in [-0.2, 0) is 22.0 Å². The van der Waals surface area contributed by atoms with Gasteiger partial charge in [0.2, 0.25) is 5.91 Å². The molecule has 0 saturated carbocycles. The van der Waals surface area contributed by atoms with E-state index in [1.54, 1.807) is 6.08 Å². The third kappa shape index (κ3) is 4.95. The lowest BCUT2D eigenvalue weighted by atomic mass is 9.78. The number of carbonyl (C=O) groups is 1. The predicted molar refractivity (Wildman–Crippen MR) is 125 cm³/mol. The Morgan fingerprint density at radius 1 is 1.03 bits per heavy atom. The van der Waals surface area contributed by atoms with Crippen LogP contribution in [0.4, 0.5) is 0 Å². The first kappa shape index (κ1) is 22.1. The van der Waals surface area contributed by atoms with Gasteiger partial charge in [0.15, 0.2) is 0 Å². The van der Waals surface area contributed by atoms with Crippen LogP contribution in [0.3, 0.4) is 0 Å². The van der Waals surface area contributed by atoms with Crippen LogP contribution >= 0.6 is 0 Å². The van der Waals surface area contributed by atoms with E-state index in [4.69, 9.17) is 0 Å². The van der Waals surface area contributed by atoms with Gasteiger partial charge in [0.1, 0.15) is 5.75 Å². The summed E-state index contributed by atoms with van der Waals surface area (Å²) in [4.78, 5) is 12.7. The third-order valence-electron chi connectivity index (χ3n) is 5.86. The van der Waals surface area contributed by atoms with Crippen LogP contribution < -0.4 is 5.32 Å². The number of benzene rings is 2. The fourth-order valence-electron chi connectivity index (χ4n) is 4.19. The first-order valence-corrected chi connectivity index (χ1v) is 10.9. The van der Waals surface area contributed by atoms with Crippen molar-refractivity contribution in [2.24, 2.45) is 0 Å². The van der Waals surface area contributed by atoms with Crippen LogP contribution in [0.2, 0.25) is 0 Å². The van der Waals surface area contributed by atoms with Crippen molar-refractivity contribution < 1.29 is 9.90 Å². The first-order chi connectivity index (χ1) is 14.0. The maximum Gasteiger partial charge on any atom is 0.244 e. The molecule has 0 heterocycles. The van der Waals surface area contributed by atoms with Crippen LogP contribution in [0.5, 0.6) is 5.75 Å². The highest BCUT2D eigenvalue weighted by Gasteiger charge is 2.26. The number of fused-ring (bicyclic) bond motifs is 1. The molecule has 0 aromatic heterocycles. The molecule has 2 aromatic carbocycles. The van der Waals surface area contributed by atoms with Gasteiger partial charge in [0.25, 0.3) is 0 Å². The average Bonchev–Trinajstić information content (AvgIpc) is 2.65. The molecule has 0 bridgehead atoms. The largest absolute Gasteiger partial charge is 0.507 e. The Labute approximate surface area is 181 Å². The van der Waals surface area contributed by atoms with Crippen LogP contribution in [0.15, 0.2) is 42.5 Å². The van der Waals surface area contributed by atoms with Crippen molar-refractivity contribution in [3.05, 3.63) is 70.3 Å². The van der Waals surface area contributed by atoms with Gasteiger partial charge in [-0.3, -0.25) is 4.79 Å². The molecular formula is C27H35NO2. The van der Waals surface area contributed by atoms with E-state index in [2.05, 4.69) is 65.1 Å². The van der Waals surface area contributed by atoms with E-state index in [0.717, 1.165) is 36.0 Å². The highest BCUT2D eigenvalue weighted by molar-refractivity contribution is 5.92. The van der Waals surface area contributed by atoms with Crippen molar-refractivity contribution in [3.63, 3.8) is 0 Å². The van der Waals surface area contributed by atoms with Crippen molar-refractivity contribution >= 4 is 12.0 Å². The molecule has 30 heavy (non-hydrogen) atoms. The number of aryl methyl sites for hydroxylation is 1. The normalized spacial score (nSPS) is 17.1. The monoisotopic (exact) mass is 405 g/mol. The average molecular weight is 406 g/mol. The summed E-state index contributed by atoms with van der Waals surface area (Å²) in [5.74, 6) is 0.273. The molecule has 1 aliphatic carbocycles. The fraction of sp³-hybridized carbons (Fsp3) is 0.444. The van der Waals surface area contributed by atoms with Crippen molar-refractivity contribution in [1.82, 2.24) is 5.32 Å². The molecule has 2 N–H and O–H groups in total. The summed E-state index contributed by atoms with van der Waals surface area (Å²) in [7, 11) is 0. The maximum absolute atomic E-state index is 12.7. The molecule has 1 aliphatic rings. The number of phenolic OH excluding ortho intramolecular Hbond substituents is 1. The number of nitrogens with one attached hydrogen (secondary N) is 1. The van der Waals surface area contributed by atoms with E-state index >= 15 is 0 Å². The summed E-state index contributed by atoms with van der Waals surface area (Å²) in [6, 6.07) is 12.4. The summed E-state index contributed by atoms with van der Waals surface area (Å²) in [5, 5.41) is 14.0. The predicted octanol–water partition coefficient (Wildman–Crippen LogP) is 6.19. The van der Waals surface area contributed by atoms with Crippen molar-refractivity contribution in [3.8, 4) is 5.75 Å². The van der Waals surface area contributed by atoms with E-state index < -0.39 is 0 Å². The molecule has 0 saturated heterocycles. The van der Waals surface area contributed by atoms with Crippen LogP contribution in [0, 0.1) is 0 Å². The number of hydrogen-bond donors (Lipinski definition) is 2. The Morgan fingerprint density at radius 2 is 1.63 bits per heavy atom. The van der Waals surface area contributed by atoms with Gasteiger partial charge in [-0.1, -0.05) is 65.8 Å². The summed E-state index contributed by atoms with van der Waals surface area (Å²) < 4.78 is 0. The van der Waals surface area contributed by atoms with E-state index in [0.29, 0.717) is 5.75 Å². The van der Waals surface area contributed by atoms with Gasteiger partial charge >= 0.3 is 0 Å². The zero-order valence-corrected chi connectivity index (χ0v) is 19.2. The fourth-order valence-corrected chi connectivity index (χ4v) is 4.19. The number of rotatable bonds is 3. The van der Waals surface area contributed by atoms with E-state index in [1.807, 2.05) is 24.3 Å². The molecular weight excluding hydrogens is 370 g/mol. The summed E-state index contributed by atoms with van der Waals surface area (Å²) in [6.07, 6.45) is 6.61. The molecule has 1 amide bonds. The maximum atomic E-state index is 12.7. The first-order valence-electron chi connectivity index (χ1n) is 10.9. The van der Waals surface area contributed by atoms with Crippen molar-refractivity contribution in [2.75, 3.05) is 0 Å². The molecule has 3 heteroatoms. The Balaban J connectivity index is 1.85. The smallest absolute Gasteiger partial charge is 0.244 e. The second kappa shape index (κ2) is 8.29. The minimum Gasteiger partial charge on any atom is -0.507 e. The van der Waals surface area contributed by atoms with Gasteiger partial charge in [-0.05, 0) is 65.0 Å². The summed E-state index contributed by atoms with van der Waals surface area (Å²) >= 11 is 0. The Hall–Kier alpha value is -2.55. The lowest BCUT2D eigenvalue weighted by Gasteiger charge is -2.28. The van der Waals surface area contributed by atoms with E-state index in [9.17, 15) is 9.90 Å². The minimum absolute atomic E-state index is 0.0715. The van der Waals surface area contributed by atoms with Gasteiger partial charge in [-0.2, -0.15) is 0 Å². The van der Waals surface area contributed by atoms with Gasteiger partial charge in [-0.15, -0.1) is 0 Å². The third-order valence-corrected chi connectivity index (χ3v) is 5.86. The van der Waals surface area contributed by atoms with Crippen LogP contribution in [0.1, 0.15) is 88.2 Å². The number of carbonyl (C=O) groups excluding carboxylic acids is 1. The molecule has 1 atom stereocenters. The quantitative estimate of drug-likeness (QED) is 0.598. The van der Waals surface area contributed by atoms with Gasteiger partial charge in [-0.25, -0.2) is 0 Å². The Kier molecular flexibility index (Phi) is 6.12. The molecule has 160 valence electrons. The summed E-state index contributed by atoms with van der Waals surface area (Å²) in [5.41, 5.74) is 4.92. The SMILES string of the molecule is CC(C)(C)c1cc(/C=C/C(=O)NC2CCCc3ccccc32)cc(C(C)(C)C)c1O. The number of phenols is 1. The molecule has 3 rings (SSSR count). The zero-order chi connectivity index (χ0) is 22.1. The van der Waals surface area contributed by atoms with Crippen molar-refractivity contribution in [1.29, 1.82) is 0 Å². The van der Waals surface area contributed by atoms with Crippen LogP contribution in [0.25, 0.3) is 6.08 Å². The number of aromatic hydroxyl groups is 1. The molecule has 3 nitrogen and oxygen atoms in total. The van der Waals surface area contributed by atoms with Crippen LogP contribution in [-0.4, -0.2) is 11.0 Å². The molecule has 0 aliphatic heterocycles. The standard InChI is InChI=1S/C27H35NO2/c1-26(2,3)21-16-18(17-22(25(21)30)27(4,5)6)14-15-24(29)28-23-13-9-11-19-10-7-8-12-20(19)23/h7-8,10,12,14-17,23,30H,9,11,13H2,1-6H3,(H,28,29)/b15-14+. The molecule has 0 radical (unpaired) electrons. The molecule has 1 unspecified atom stereocenters. The van der Waals surface area contributed by atoms with Gasteiger partial charge < -0.3 is 10.4 Å². The van der Waals surface area contributed by atoms with E-state index in [-0.39, 0.29) is 22.8 Å². The van der Waals surface area contributed by atoms with E-state index in [1.165, 1.54) is 11.1 Å². The Bertz CT molecular complexity index is 923. The minimum atomic E-state index is -0.192. The molecule has 0 fully saturated rings. The Morgan fingerprint density at radius 3 is 2.23 bits per heavy atom. The summed E-state index contributed by atoms with van der Waals surface area (Å²) in [6.45, 7) is 12.6. The lowest BCUT2D eigenvalue weighted by molar-refractivity contribution is -0.117. The highest BCUT2D eigenvalue weighted by atomic mass is 16.3. The second-order valence-corrected chi connectivity index (χ2v) is 10.5. The zero-order valence-electron chi connectivity index (χ0n) is 19.2. The number of amides is 1. The topological polar surface area (TPSA) is 49.3 Å². The van der Waals surface area contributed by atoms with Gasteiger partial charge in [0.05, 0.1) is 6.04 Å². The molecule has 2 aromatic rings. The highest BCUT2D eigenvalue weighted by Crippen LogP contribution is 2.40. The van der Waals surface area contributed by atoms with Crippen molar-refractivity contribution in [2.45, 2.75) is 77.7 Å². The molecule has 0 spiro atoms. The number of hydrogen-bond acceptors (Lipinski definition) is 2. The second-order valence-electron chi connectivity index (χ2n) is 10.5.